The van der Waals surface area contributed by atoms with Crippen LogP contribution in [0.25, 0.3) is 22.3 Å². The molecule has 1 amide bonds. The summed E-state index contributed by atoms with van der Waals surface area (Å²) in [4.78, 5) is 24.5. The lowest BCUT2D eigenvalue weighted by Crippen LogP contribution is -2.22. The summed E-state index contributed by atoms with van der Waals surface area (Å²) in [5.74, 6) is 0.239. The number of hydrogen-bond donors (Lipinski definition) is 1. The summed E-state index contributed by atoms with van der Waals surface area (Å²) in [5, 5.41) is 0.311. The van der Waals surface area contributed by atoms with E-state index in [1.165, 1.54) is 14.2 Å². The Morgan fingerprint density at radius 2 is 1.61 bits per heavy atom. The van der Waals surface area contributed by atoms with Gasteiger partial charge in [0.15, 0.2) is 26.0 Å². The molecule has 9 heteroatoms. The van der Waals surface area contributed by atoms with Crippen molar-refractivity contribution < 1.29 is 32.9 Å². The molecule has 3 rings (SSSR count). The maximum atomic E-state index is 13.2. The number of benzene rings is 2. The zero-order valence-electron chi connectivity index (χ0n) is 19.0. The summed E-state index contributed by atoms with van der Waals surface area (Å²) in [6.45, 7) is 3.50. The monoisotopic (exact) mass is 457 g/mol. The first-order valence-electron chi connectivity index (χ1n) is 10.3. The molecule has 0 bridgehead atoms. The molecular formula is C24H27NO8. The molecule has 2 N–H and O–H groups in total. The molecule has 0 fully saturated rings. The number of fused-ring (bicyclic) bond motifs is 1. The Labute approximate surface area is 190 Å². The predicted molar refractivity (Wildman–Crippen MR) is 122 cm³/mol. The topological polar surface area (TPSA) is 119 Å². The second kappa shape index (κ2) is 10.8. The van der Waals surface area contributed by atoms with Crippen molar-refractivity contribution in [2.75, 3.05) is 34.4 Å². The van der Waals surface area contributed by atoms with Crippen LogP contribution in [0, 0.1) is 0 Å². The lowest BCUT2D eigenvalue weighted by atomic mass is 9.97. The van der Waals surface area contributed by atoms with Crippen molar-refractivity contribution in [2.24, 2.45) is 5.73 Å². The van der Waals surface area contributed by atoms with E-state index >= 15 is 0 Å². The average molecular weight is 457 g/mol. The maximum Gasteiger partial charge on any atom is 0.255 e. The molecule has 9 nitrogen and oxygen atoms in total. The first-order chi connectivity index (χ1) is 15.9. The van der Waals surface area contributed by atoms with Crippen LogP contribution in [-0.4, -0.2) is 40.3 Å². The van der Waals surface area contributed by atoms with Crippen molar-refractivity contribution in [3.05, 3.63) is 52.2 Å². The summed E-state index contributed by atoms with van der Waals surface area (Å²) in [5.41, 5.74) is 6.40. The Balaban J connectivity index is 2.29. The van der Waals surface area contributed by atoms with Crippen LogP contribution < -0.4 is 25.4 Å². The highest BCUT2D eigenvalue weighted by atomic mass is 16.7. The van der Waals surface area contributed by atoms with Gasteiger partial charge in [-0.3, -0.25) is 9.59 Å². The van der Waals surface area contributed by atoms with E-state index in [4.69, 9.17) is 33.8 Å². The van der Waals surface area contributed by atoms with E-state index in [1.807, 2.05) is 13.8 Å². The minimum absolute atomic E-state index is 0.000404. The van der Waals surface area contributed by atoms with Gasteiger partial charge in [0, 0.05) is 25.3 Å². The number of nitrogens with two attached hydrogens (primary N) is 1. The molecule has 176 valence electrons. The van der Waals surface area contributed by atoms with Crippen molar-refractivity contribution in [1.29, 1.82) is 0 Å². The molecular weight excluding hydrogens is 430 g/mol. The maximum absolute atomic E-state index is 13.2. The molecule has 0 aliphatic carbocycles. The normalized spacial score (nSPS) is 11.1. The highest BCUT2D eigenvalue weighted by Gasteiger charge is 2.23. The molecule has 0 unspecified atom stereocenters. The van der Waals surface area contributed by atoms with Gasteiger partial charge in [-0.05, 0) is 30.2 Å². The van der Waals surface area contributed by atoms with E-state index in [-0.39, 0.29) is 31.0 Å². The third-order valence-electron chi connectivity index (χ3n) is 4.72. The molecule has 0 saturated carbocycles. The number of hydrogen-bond acceptors (Lipinski definition) is 8. The highest BCUT2D eigenvalue weighted by molar-refractivity contribution is 5.83. The summed E-state index contributed by atoms with van der Waals surface area (Å²) < 4.78 is 33.3. The molecule has 0 spiro atoms. The van der Waals surface area contributed by atoms with Gasteiger partial charge in [0.1, 0.15) is 17.1 Å². The molecule has 0 saturated heterocycles. The molecule has 0 aliphatic rings. The van der Waals surface area contributed by atoms with Crippen molar-refractivity contribution in [3.8, 4) is 28.6 Å². The number of rotatable bonds is 11. The van der Waals surface area contributed by atoms with Gasteiger partial charge in [-0.25, -0.2) is 0 Å². The SMILES string of the molecule is COCOc1cc(-c2oc3ccccc3c(=O)c2OCC(N)=O)cc(OCOC)c1C(C)C. The van der Waals surface area contributed by atoms with Crippen molar-refractivity contribution >= 4 is 16.9 Å². The van der Waals surface area contributed by atoms with Gasteiger partial charge in [-0.15, -0.1) is 0 Å². The summed E-state index contributed by atoms with van der Waals surface area (Å²) in [6.07, 6.45) is 0. The van der Waals surface area contributed by atoms with Crippen LogP contribution in [0.2, 0.25) is 0 Å². The number of para-hydroxylation sites is 1. The zero-order chi connectivity index (χ0) is 24.0. The van der Waals surface area contributed by atoms with E-state index in [0.29, 0.717) is 28.0 Å². The van der Waals surface area contributed by atoms with Crippen LogP contribution in [0.5, 0.6) is 17.2 Å². The number of carbonyl (C=O) groups is 1. The van der Waals surface area contributed by atoms with Crippen LogP contribution in [0.3, 0.4) is 0 Å². The molecule has 1 aromatic heterocycles. The van der Waals surface area contributed by atoms with Gasteiger partial charge in [0.25, 0.3) is 5.91 Å². The van der Waals surface area contributed by atoms with Crippen molar-refractivity contribution in [2.45, 2.75) is 19.8 Å². The molecule has 1 heterocycles. The Morgan fingerprint density at radius 1 is 1.00 bits per heavy atom. The minimum atomic E-state index is -0.725. The molecule has 2 aromatic carbocycles. The van der Waals surface area contributed by atoms with Gasteiger partial charge in [0.2, 0.25) is 11.2 Å². The Kier molecular flexibility index (Phi) is 7.92. The summed E-state index contributed by atoms with van der Waals surface area (Å²) in [7, 11) is 3.03. The Morgan fingerprint density at radius 3 is 2.15 bits per heavy atom. The van der Waals surface area contributed by atoms with Crippen molar-refractivity contribution in [1.82, 2.24) is 0 Å². The van der Waals surface area contributed by atoms with Crippen molar-refractivity contribution in [3.63, 3.8) is 0 Å². The van der Waals surface area contributed by atoms with E-state index in [9.17, 15) is 9.59 Å². The van der Waals surface area contributed by atoms with Crippen LogP contribution in [0.15, 0.2) is 45.6 Å². The summed E-state index contributed by atoms with van der Waals surface area (Å²) >= 11 is 0. The fourth-order valence-corrected chi connectivity index (χ4v) is 3.37. The van der Waals surface area contributed by atoms with Crippen LogP contribution in [0.4, 0.5) is 0 Å². The lowest BCUT2D eigenvalue weighted by Gasteiger charge is -2.20. The third-order valence-corrected chi connectivity index (χ3v) is 4.72. The van der Waals surface area contributed by atoms with E-state index < -0.39 is 17.9 Å². The molecule has 33 heavy (non-hydrogen) atoms. The van der Waals surface area contributed by atoms with Crippen LogP contribution in [-0.2, 0) is 14.3 Å². The second-order valence-corrected chi connectivity index (χ2v) is 7.48. The standard InChI is InChI=1S/C24H27NO8/c1-14(2)21-18(31-12-28-3)9-15(10-19(21)32-13-29-4)23-24(30-11-20(25)26)22(27)16-7-5-6-8-17(16)33-23/h5-10,14H,11-13H2,1-4H3,(H2,25,26). The second-order valence-electron chi connectivity index (χ2n) is 7.48. The zero-order valence-corrected chi connectivity index (χ0v) is 19.0. The highest BCUT2D eigenvalue weighted by Crippen LogP contribution is 2.42. The fraction of sp³-hybridized carbons (Fsp3) is 0.333. The first kappa shape index (κ1) is 24.1. The smallest absolute Gasteiger partial charge is 0.255 e. The van der Waals surface area contributed by atoms with E-state index in [2.05, 4.69) is 0 Å². The van der Waals surface area contributed by atoms with Crippen LogP contribution in [0.1, 0.15) is 25.3 Å². The summed E-state index contributed by atoms with van der Waals surface area (Å²) in [6, 6.07) is 10.2. The number of carbonyl (C=O) groups excluding carboxylic acids is 1. The largest absolute Gasteiger partial charge is 0.476 e. The average Bonchev–Trinajstić information content (AvgIpc) is 2.79. The van der Waals surface area contributed by atoms with Gasteiger partial charge in [-0.2, -0.15) is 0 Å². The Bertz CT molecular complexity index is 1160. The van der Waals surface area contributed by atoms with Gasteiger partial charge in [-0.1, -0.05) is 26.0 Å². The number of ether oxygens (including phenoxy) is 5. The number of amides is 1. The van der Waals surface area contributed by atoms with Gasteiger partial charge >= 0.3 is 0 Å². The molecule has 0 radical (unpaired) electrons. The van der Waals surface area contributed by atoms with Gasteiger partial charge < -0.3 is 33.8 Å². The predicted octanol–water partition coefficient (Wildman–Crippen LogP) is 3.41. The Hall–Kier alpha value is -3.56. The molecule has 0 atom stereocenters. The lowest BCUT2D eigenvalue weighted by molar-refractivity contribution is -0.119. The number of methoxy groups -OCH3 is 2. The molecule has 3 aromatic rings. The van der Waals surface area contributed by atoms with E-state index in [0.717, 1.165) is 5.56 Å². The first-order valence-corrected chi connectivity index (χ1v) is 10.3. The number of primary amides is 1. The molecule has 0 aliphatic heterocycles. The minimum Gasteiger partial charge on any atom is -0.476 e. The van der Waals surface area contributed by atoms with Gasteiger partial charge in [0.05, 0.1) is 5.39 Å². The van der Waals surface area contributed by atoms with Crippen LogP contribution >= 0.6 is 0 Å². The fourth-order valence-electron chi connectivity index (χ4n) is 3.37. The quantitative estimate of drug-likeness (QED) is 0.435. The van der Waals surface area contributed by atoms with E-state index in [1.54, 1.807) is 36.4 Å². The third kappa shape index (κ3) is 5.44.